The molecule has 0 spiro atoms. The molecular formula is C20H26N2O2. The molecule has 2 saturated carbocycles. The second-order valence-electron chi connectivity index (χ2n) is 7.54. The van der Waals surface area contributed by atoms with E-state index >= 15 is 0 Å². The van der Waals surface area contributed by atoms with Gasteiger partial charge in [0.05, 0.1) is 0 Å². The molecule has 2 aliphatic carbocycles. The first-order valence-corrected chi connectivity index (χ1v) is 9.35. The molecule has 1 heterocycles. The van der Waals surface area contributed by atoms with Crippen LogP contribution in [0.2, 0.25) is 0 Å². The fourth-order valence-corrected chi connectivity index (χ4v) is 4.76. The molecule has 0 aromatic heterocycles. The largest absolute Gasteiger partial charge is 0.368 e. The highest BCUT2D eigenvalue weighted by atomic mass is 16.2. The van der Waals surface area contributed by atoms with Crippen molar-refractivity contribution in [2.45, 2.75) is 32.1 Å². The number of hydrogen-bond acceptors (Lipinski definition) is 3. The number of hydrogen-bond donors (Lipinski definition) is 0. The van der Waals surface area contributed by atoms with Crippen LogP contribution in [0.15, 0.2) is 30.3 Å². The van der Waals surface area contributed by atoms with Gasteiger partial charge in [-0.15, -0.1) is 0 Å². The molecule has 3 fully saturated rings. The summed E-state index contributed by atoms with van der Waals surface area (Å²) in [6, 6.07) is 10.4. The van der Waals surface area contributed by atoms with Crippen LogP contribution in [0.1, 0.15) is 32.1 Å². The molecule has 1 saturated heterocycles. The molecule has 24 heavy (non-hydrogen) atoms. The summed E-state index contributed by atoms with van der Waals surface area (Å²) >= 11 is 0. The Morgan fingerprint density at radius 2 is 1.54 bits per heavy atom. The zero-order valence-corrected chi connectivity index (χ0v) is 14.2. The summed E-state index contributed by atoms with van der Waals surface area (Å²) in [5.41, 5.74) is 1.24. The van der Waals surface area contributed by atoms with Crippen molar-refractivity contribution in [2.75, 3.05) is 31.1 Å². The summed E-state index contributed by atoms with van der Waals surface area (Å²) in [5, 5.41) is 0. The number of rotatable bonds is 2. The minimum absolute atomic E-state index is 0.0845. The van der Waals surface area contributed by atoms with Crippen molar-refractivity contribution in [3.63, 3.8) is 0 Å². The van der Waals surface area contributed by atoms with E-state index in [-0.39, 0.29) is 17.8 Å². The fourth-order valence-electron chi connectivity index (χ4n) is 4.76. The van der Waals surface area contributed by atoms with Gasteiger partial charge in [-0.05, 0) is 37.8 Å². The van der Waals surface area contributed by atoms with Crippen LogP contribution in [0.5, 0.6) is 0 Å². The number of fused-ring (bicyclic) bond motifs is 2. The van der Waals surface area contributed by atoms with Gasteiger partial charge in [0.25, 0.3) is 0 Å². The third-order valence-corrected chi connectivity index (χ3v) is 6.11. The Bertz CT molecular complexity index is 591. The molecule has 0 radical (unpaired) electrons. The lowest BCUT2D eigenvalue weighted by atomic mass is 9.67. The van der Waals surface area contributed by atoms with Gasteiger partial charge in [0, 0.05) is 49.6 Å². The molecule has 1 amide bonds. The summed E-state index contributed by atoms with van der Waals surface area (Å²) in [6.45, 7) is 3.39. The molecule has 3 aliphatic rings. The summed E-state index contributed by atoms with van der Waals surface area (Å²) in [4.78, 5) is 29.5. The van der Waals surface area contributed by atoms with Crippen LogP contribution < -0.4 is 4.90 Å². The first-order valence-electron chi connectivity index (χ1n) is 9.35. The van der Waals surface area contributed by atoms with Crippen molar-refractivity contribution < 1.29 is 9.59 Å². The number of nitrogens with zero attached hydrogens (tertiary/aromatic N) is 2. The smallest absolute Gasteiger partial charge is 0.225 e. The molecular weight excluding hydrogens is 300 g/mol. The van der Waals surface area contributed by atoms with E-state index < -0.39 is 0 Å². The maximum Gasteiger partial charge on any atom is 0.225 e. The Morgan fingerprint density at radius 3 is 2.17 bits per heavy atom. The minimum atomic E-state index is 0.0845. The average Bonchev–Trinajstić information content (AvgIpc) is 2.62. The van der Waals surface area contributed by atoms with Crippen LogP contribution in [0, 0.1) is 17.8 Å². The van der Waals surface area contributed by atoms with Crippen molar-refractivity contribution in [1.29, 1.82) is 0 Å². The zero-order chi connectivity index (χ0) is 16.5. The lowest BCUT2D eigenvalue weighted by molar-refractivity contribution is -0.143. The van der Waals surface area contributed by atoms with E-state index in [4.69, 9.17) is 0 Å². The monoisotopic (exact) mass is 326 g/mol. The van der Waals surface area contributed by atoms with E-state index in [0.717, 1.165) is 58.3 Å². The van der Waals surface area contributed by atoms with E-state index in [1.165, 1.54) is 5.69 Å². The van der Waals surface area contributed by atoms with Crippen LogP contribution in [0.3, 0.4) is 0 Å². The number of Topliss-reactive ketones (excluding diaryl/α,β-unsaturated/α-hetero) is 1. The molecule has 2 bridgehead atoms. The fraction of sp³-hybridized carbons (Fsp3) is 0.600. The minimum Gasteiger partial charge on any atom is -0.368 e. The third kappa shape index (κ3) is 2.94. The quantitative estimate of drug-likeness (QED) is 0.839. The molecule has 1 aliphatic heterocycles. The Hall–Kier alpha value is -1.84. The topological polar surface area (TPSA) is 40.6 Å². The number of anilines is 1. The Balaban J connectivity index is 1.36. The number of benzene rings is 1. The molecule has 1 unspecified atom stereocenters. The molecule has 128 valence electrons. The van der Waals surface area contributed by atoms with Crippen molar-refractivity contribution in [3.8, 4) is 0 Å². The second kappa shape index (κ2) is 6.58. The molecule has 4 nitrogen and oxygen atoms in total. The molecule has 1 aromatic rings. The predicted octanol–water partition coefficient (Wildman–Crippen LogP) is 2.73. The van der Waals surface area contributed by atoms with Gasteiger partial charge in [-0.25, -0.2) is 0 Å². The maximum atomic E-state index is 12.9. The molecule has 4 heteroatoms. The van der Waals surface area contributed by atoms with Crippen LogP contribution in [0.4, 0.5) is 5.69 Å². The van der Waals surface area contributed by atoms with E-state index in [9.17, 15) is 9.59 Å². The Kier molecular flexibility index (Phi) is 4.30. The third-order valence-electron chi connectivity index (χ3n) is 6.11. The molecule has 4 rings (SSSR count). The van der Waals surface area contributed by atoms with Gasteiger partial charge in [0.15, 0.2) is 0 Å². The number of amides is 1. The van der Waals surface area contributed by atoms with E-state index in [1.807, 2.05) is 11.0 Å². The SMILES string of the molecule is O=C1[C@@H]2CCC[C@H]1CC(C(=O)N1CCN(c3ccccc3)CC1)C2. The molecule has 0 N–H and O–H groups in total. The number of para-hydroxylation sites is 1. The van der Waals surface area contributed by atoms with Gasteiger partial charge < -0.3 is 9.80 Å². The lowest BCUT2D eigenvalue weighted by Gasteiger charge is -2.41. The Labute approximate surface area is 143 Å². The maximum absolute atomic E-state index is 12.9. The number of carbonyl (C=O) groups excluding carboxylic acids is 2. The van der Waals surface area contributed by atoms with Gasteiger partial charge in [-0.2, -0.15) is 0 Å². The second-order valence-corrected chi connectivity index (χ2v) is 7.54. The van der Waals surface area contributed by atoms with Crippen LogP contribution in [-0.2, 0) is 9.59 Å². The standard InChI is InChI=1S/C20H26N2O2/c23-19-15-5-4-6-16(19)14-17(13-15)20(24)22-11-9-21(10-12-22)18-7-2-1-3-8-18/h1-3,7-8,15-17H,4-6,9-14H2/t15-,16+,17?. The van der Waals surface area contributed by atoms with Crippen LogP contribution in [0.25, 0.3) is 0 Å². The van der Waals surface area contributed by atoms with Gasteiger partial charge in [0.1, 0.15) is 5.78 Å². The highest BCUT2D eigenvalue weighted by molar-refractivity contribution is 5.88. The molecule has 3 atom stereocenters. The van der Waals surface area contributed by atoms with Crippen molar-refractivity contribution >= 4 is 17.4 Å². The number of ketones is 1. The van der Waals surface area contributed by atoms with Crippen molar-refractivity contribution in [2.24, 2.45) is 17.8 Å². The van der Waals surface area contributed by atoms with Gasteiger partial charge in [0.2, 0.25) is 5.91 Å². The first kappa shape index (κ1) is 15.7. The van der Waals surface area contributed by atoms with Gasteiger partial charge in [-0.3, -0.25) is 9.59 Å². The average molecular weight is 326 g/mol. The van der Waals surface area contributed by atoms with Crippen molar-refractivity contribution in [1.82, 2.24) is 4.90 Å². The van der Waals surface area contributed by atoms with E-state index in [2.05, 4.69) is 29.2 Å². The molecule has 1 aromatic carbocycles. The number of carbonyl (C=O) groups is 2. The number of piperazine rings is 1. The van der Waals surface area contributed by atoms with E-state index in [0.29, 0.717) is 11.7 Å². The normalized spacial score (nSPS) is 30.3. The van der Waals surface area contributed by atoms with Crippen molar-refractivity contribution in [3.05, 3.63) is 30.3 Å². The van der Waals surface area contributed by atoms with Crippen LogP contribution in [-0.4, -0.2) is 42.8 Å². The van der Waals surface area contributed by atoms with Crippen LogP contribution >= 0.6 is 0 Å². The van der Waals surface area contributed by atoms with E-state index in [1.54, 1.807) is 0 Å². The Morgan fingerprint density at radius 1 is 0.917 bits per heavy atom. The summed E-state index contributed by atoms with van der Waals surface area (Å²) < 4.78 is 0. The highest BCUT2D eigenvalue weighted by Gasteiger charge is 2.42. The summed E-state index contributed by atoms with van der Waals surface area (Å²) in [6.07, 6.45) is 4.76. The highest BCUT2D eigenvalue weighted by Crippen LogP contribution is 2.40. The lowest BCUT2D eigenvalue weighted by Crippen LogP contribution is -2.52. The van der Waals surface area contributed by atoms with Gasteiger partial charge >= 0.3 is 0 Å². The zero-order valence-electron chi connectivity index (χ0n) is 14.2. The summed E-state index contributed by atoms with van der Waals surface area (Å²) in [5.74, 6) is 1.15. The predicted molar refractivity (Wildman–Crippen MR) is 93.8 cm³/mol. The summed E-state index contributed by atoms with van der Waals surface area (Å²) in [7, 11) is 0. The van der Waals surface area contributed by atoms with Gasteiger partial charge in [-0.1, -0.05) is 24.6 Å². The first-order chi connectivity index (χ1) is 11.7.